The van der Waals surface area contributed by atoms with Crippen LogP contribution in [-0.4, -0.2) is 43.7 Å². The highest BCUT2D eigenvalue weighted by Gasteiger charge is 2.15. The molecule has 186 valence electrons. The van der Waals surface area contributed by atoms with E-state index in [1.165, 1.54) is 6.21 Å². The van der Waals surface area contributed by atoms with Crippen molar-refractivity contribution in [1.82, 2.24) is 4.98 Å². The van der Waals surface area contributed by atoms with E-state index in [4.69, 9.17) is 24.4 Å². The molecule has 3 N–H and O–H groups in total. The van der Waals surface area contributed by atoms with Crippen LogP contribution in [0.2, 0.25) is 0 Å². The van der Waals surface area contributed by atoms with E-state index in [1.54, 1.807) is 26.5 Å². The first-order valence-corrected chi connectivity index (χ1v) is 11.5. The van der Waals surface area contributed by atoms with Crippen molar-refractivity contribution in [3.8, 4) is 28.7 Å². The summed E-state index contributed by atoms with van der Waals surface area (Å²) >= 11 is 0. The van der Waals surface area contributed by atoms with Crippen LogP contribution in [0.15, 0.2) is 66.9 Å². The number of aliphatic hydroxyl groups is 1. The van der Waals surface area contributed by atoms with Gasteiger partial charge in [-0.05, 0) is 42.5 Å². The number of methoxy groups -OCH3 is 2. The quantitative estimate of drug-likeness (QED) is 0.230. The lowest BCUT2D eigenvalue weighted by atomic mass is 10.1. The van der Waals surface area contributed by atoms with Gasteiger partial charge in [0.2, 0.25) is 0 Å². The fourth-order valence-electron chi connectivity index (χ4n) is 3.60. The molecule has 0 aliphatic heterocycles. The molecule has 36 heavy (non-hydrogen) atoms. The summed E-state index contributed by atoms with van der Waals surface area (Å²) in [4.78, 5) is 4.51. The van der Waals surface area contributed by atoms with Gasteiger partial charge in [0.1, 0.15) is 5.75 Å². The van der Waals surface area contributed by atoms with Crippen LogP contribution in [0.3, 0.4) is 0 Å². The van der Waals surface area contributed by atoms with E-state index < -0.39 is 0 Å². The highest BCUT2D eigenvalue weighted by atomic mass is 16.5. The zero-order chi connectivity index (χ0) is 25.5. The van der Waals surface area contributed by atoms with Gasteiger partial charge in [0.25, 0.3) is 0 Å². The lowest BCUT2D eigenvalue weighted by Crippen LogP contribution is -2.12. The molecule has 0 amide bonds. The summed E-state index contributed by atoms with van der Waals surface area (Å²) in [5, 5.41) is 21.4. The molecule has 0 fully saturated rings. The van der Waals surface area contributed by atoms with Gasteiger partial charge in [-0.25, -0.2) is 0 Å². The van der Waals surface area contributed by atoms with Gasteiger partial charge in [-0.3, -0.25) is 4.98 Å². The topological polar surface area (TPSA) is 106 Å². The minimum absolute atomic E-state index is 0.00851. The maximum absolute atomic E-state index is 9.29. The van der Waals surface area contributed by atoms with Crippen molar-refractivity contribution in [3.05, 3.63) is 72.4 Å². The summed E-state index contributed by atoms with van der Waals surface area (Å²) in [5.41, 5.74) is 2.85. The number of nitrogens with one attached hydrogen (secondary N) is 2. The molecule has 8 heteroatoms. The van der Waals surface area contributed by atoms with Gasteiger partial charge in [-0.2, -0.15) is 0 Å². The smallest absolute Gasteiger partial charge is 0.169 e. The normalized spacial score (nSPS) is 11.6. The zero-order valence-electron chi connectivity index (χ0n) is 20.4. The molecule has 0 spiro atoms. The molecule has 4 rings (SSSR count). The third-order valence-electron chi connectivity index (χ3n) is 5.59. The predicted molar refractivity (Wildman–Crippen MR) is 141 cm³/mol. The van der Waals surface area contributed by atoms with Crippen LogP contribution in [0.1, 0.15) is 12.5 Å². The molecule has 1 atom stereocenters. The van der Waals surface area contributed by atoms with E-state index in [9.17, 15) is 5.11 Å². The maximum atomic E-state index is 9.29. The second kappa shape index (κ2) is 11.4. The first-order valence-electron chi connectivity index (χ1n) is 11.5. The van der Waals surface area contributed by atoms with E-state index in [0.717, 1.165) is 16.8 Å². The van der Waals surface area contributed by atoms with Crippen LogP contribution in [0.25, 0.3) is 10.9 Å². The van der Waals surface area contributed by atoms with Crippen LogP contribution in [0.5, 0.6) is 28.7 Å². The monoisotopic (exact) mass is 487 g/mol. The number of hydrogen-bond acceptors (Lipinski definition) is 8. The Morgan fingerprint density at radius 3 is 2.36 bits per heavy atom. The van der Waals surface area contributed by atoms with Gasteiger partial charge in [-0.15, -0.1) is 0 Å². The number of pyridine rings is 1. The first-order chi connectivity index (χ1) is 17.6. The van der Waals surface area contributed by atoms with Crippen molar-refractivity contribution < 1.29 is 24.1 Å². The third kappa shape index (κ3) is 5.50. The van der Waals surface area contributed by atoms with Crippen LogP contribution in [-0.2, 0) is 0 Å². The summed E-state index contributed by atoms with van der Waals surface area (Å²) in [7, 11) is 3.18. The maximum Gasteiger partial charge on any atom is 0.169 e. The van der Waals surface area contributed by atoms with Crippen molar-refractivity contribution in [2.45, 2.75) is 6.92 Å². The van der Waals surface area contributed by atoms with Gasteiger partial charge >= 0.3 is 0 Å². The molecule has 0 aliphatic rings. The summed E-state index contributed by atoms with van der Waals surface area (Å²) in [6.45, 7) is 2.29. The van der Waals surface area contributed by atoms with Gasteiger partial charge < -0.3 is 34.8 Å². The van der Waals surface area contributed by atoms with E-state index in [2.05, 4.69) is 10.3 Å². The highest BCUT2D eigenvalue weighted by molar-refractivity contribution is 6.03. The number of anilines is 2. The Morgan fingerprint density at radius 1 is 0.972 bits per heavy atom. The number of aliphatic hydroxyl groups excluding tert-OH is 1. The number of rotatable bonds is 11. The molecule has 0 bridgehead atoms. The molecule has 1 heterocycles. The molecular weight excluding hydrogens is 458 g/mol. The number of para-hydroxylation sites is 2. The number of benzene rings is 3. The molecule has 0 saturated heterocycles. The number of nitrogens with zero attached hydrogens (tertiary/aromatic N) is 1. The first kappa shape index (κ1) is 24.8. The summed E-state index contributed by atoms with van der Waals surface area (Å²) in [6.07, 6.45) is 2.90. The molecule has 1 aromatic heterocycles. The van der Waals surface area contributed by atoms with Crippen molar-refractivity contribution in [2.24, 2.45) is 5.92 Å². The summed E-state index contributed by atoms with van der Waals surface area (Å²) in [5.74, 6) is 3.03. The summed E-state index contributed by atoms with van der Waals surface area (Å²) in [6, 6.07) is 18.6. The van der Waals surface area contributed by atoms with Gasteiger partial charge in [0.15, 0.2) is 23.0 Å². The molecule has 0 radical (unpaired) electrons. The average molecular weight is 488 g/mol. The van der Waals surface area contributed by atoms with Crippen molar-refractivity contribution >= 4 is 28.5 Å². The number of aromatic nitrogens is 1. The SMILES string of the molecule is COc1cc2c(Nc3ccc(Oc4ccccc4OC)cc3)c(C=N)cnc2cc1OCC(C)CO. The van der Waals surface area contributed by atoms with Crippen LogP contribution >= 0.6 is 0 Å². The van der Waals surface area contributed by atoms with Gasteiger partial charge in [-0.1, -0.05) is 19.1 Å². The van der Waals surface area contributed by atoms with E-state index in [1.807, 2.05) is 61.5 Å². The molecule has 1 unspecified atom stereocenters. The summed E-state index contributed by atoms with van der Waals surface area (Å²) < 4.78 is 22.8. The van der Waals surface area contributed by atoms with E-state index in [0.29, 0.717) is 46.4 Å². The Kier molecular flexibility index (Phi) is 7.87. The van der Waals surface area contributed by atoms with Crippen molar-refractivity contribution in [1.29, 1.82) is 5.41 Å². The Morgan fingerprint density at radius 2 is 1.69 bits per heavy atom. The van der Waals surface area contributed by atoms with E-state index in [-0.39, 0.29) is 12.5 Å². The lowest BCUT2D eigenvalue weighted by Gasteiger charge is -2.17. The lowest BCUT2D eigenvalue weighted by molar-refractivity contribution is 0.171. The van der Waals surface area contributed by atoms with E-state index >= 15 is 0 Å². The molecule has 8 nitrogen and oxygen atoms in total. The van der Waals surface area contributed by atoms with Crippen LogP contribution < -0.4 is 24.3 Å². The predicted octanol–water partition coefficient (Wildman–Crippen LogP) is 5.79. The van der Waals surface area contributed by atoms with Gasteiger partial charge in [0.05, 0.1) is 32.0 Å². The Bertz CT molecular complexity index is 1340. The molecular formula is C28H29N3O5. The number of hydrogen-bond donors (Lipinski definition) is 3. The number of ether oxygens (including phenoxy) is 4. The largest absolute Gasteiger partial charge is 0.493 e. The molecule has 4 aromatic rings. The molecule has 0 aliphatic carbocycles. The standard InChI is InChI=1S/C28H29N3O5/c1-18(16-32)17-35-27-13-23-22(12-26(27)34-3)28(19(14-29)15-30-23)31-20-8-10-21(11-9-20)36-25-7-5-4-6-24(25)33-2/h4-15,18,29,32H,16-17H2,1-3H3,(H,30,31). The van der Waals surface area contributed by atoms with Crippen LogP contribution in [0, 0.1) is 11.3 Å². The van der Waals surface area contributed by atoms with Crippen molar-refractivity contribution in [3.63, 3.8) is 0 Å². The minimum Gasteiger partial charge on any atom is -0.493 e. The second-order valence-electron chi connectivity index (χ2n) is 8.25. The second-order valence-corrected chi connectivity index (χ2v) is 8.25. The number of fused-ring (bicyclic) bond motifs is 1. The van der Waals surface area contributed by atoms with Crippen LogP contribution in [0.4, 0.5) is 11.4 Å². The Balaban J connectivity index is 1.62. The fraction of sp³-hybridized carbons (Fsp3) is 0.214. The van der Waals surface area contributed by atoms with Crippen molar-refractivity contribution in [2.75, 3.05) is 32.8 Å². The Labute approximate surface area is 209 Å². The third-order valence-corrected chi connectivity index (χ3v) is 5.59. The fourth-order valence-corrected chi connectivity index (χ4v) is 3.60. The average Bonchev–Trinajstić information content (AvgIpc) is 2.92. The van der Waals surface area contributed by atoms with Gasteiger partial charge in [0, 0.05) is 47.6 Å². The minimum atomic E-state index is -0.00851. The highest BCUT2D eigenvalue weighted by Crippen LogP contribution is 2.38. The molecule has 3 aromatic carbocycles. The molecule has 0 saturated carbocycles. The Hall–Kier alpha value is -4.30. The zero-order valence-corrected chi connectivity index (χ0v) is 20.4.